The molecule has 10 nitrogen and oxygen atoms in total. The van der Waals surface area contributed by atoms with E-state index in [0.29, 0.717) is 29.9 Å². The smallest absolute Gasteiger partial charge is 0.253 e. The summed E-state index contributed by atoms with van der Waals surface area (Å²) < 4.78 is 1.79. The van der Waals surface area contributed by atoms with Crippen molar-refractivity contribution in [1.29, 1.82) is 0 Å². The van der Waals surface area contributed by atoms with Crippen molar-refractivity contribution in [3.63, 3.8) is 0 Å². The Labute approximate surface area is 259 Å². The van der Waals surface area contributed by atoms with Crippen LogP contribution in [0.25, 0.3) is 11.2 Å². The van der Waals surface area contributed by atoms with Crippen LogP contribution in [0.2, 0.25) is 0 Å². The van der Waals surface area contributed by atoms with Crippen LogP contribution in [0.15, 0.2) is 53.7 Å². The molecule has 4 heterocycles. The molecule has 0 bridgehead atoms. The van der Waals surface area contributed by atoms with Crippen molar-refractivity contribution in [3.8, 4) is 0 Å². The third-order valence-corrected chi connectivity index (χ3v) is 9.65. The first-order valence-electron chi connectivity index (χ1n) is 16.0. The number of amides is 2. The summed E-state index contributed by atoms with van der Waals surface area (Å²) in [5.41, 5.74) is 4.51. The second-order valence-electron chi connectivity index (χ2n) is 12.6. The molecular formula is C34H44N8O2. The molecule has 1 saturated heterocycles. The maximum Gasteiger partial charge on any atom is 0.253 e. The van der Waals surface area contributed by atoms with Crippen LogP contribution in [-0.4, -0.2) is 101 Å². The molecule has 44 heavy (non-hydrogen) atoms. The van der Waals surface area contributed by atoms with Crippen molar-refractivity contribution in [3.05, 3.63) is 59.8 Å². The van der Waals surface area contributed by atoms with E-state index >= 15 is 0 Å². The molecule has 0 unspecified atom stereocenters. The fourth-order valence-corrected chi connectivity index (χ4v) is 6.88. The van der Waals surface area contributed by atoms with Gasteiger partial charge in [-0.3, -0.25) is 9.59 Å². The van der Waals surface area contributed by atoms with Crippen molar-refractivity contribution >= 4 is 40.9 Å². The predicted octanol–water partition coefficient (Wildman–Crippen LogP) is 4.76. The number of aromatic nitrogens is 3. The molecule has 1 N–H and O–H groups in total. The van der Waals surface area contributed by atoms with Gasteiger partial charge in [0.05, 0.1) is 0 Å². The maximum atomic E-state index is 13.2. The molecule has 3 aliphatic rings. The van der Waals surface area contributed by atoms with Crippen molar-refractivity contribution < 1.29 is 9.59 Å². The first-order chi connectivity index (χ1) is 21.4. The van der Waals surface area contributed by atoms with E-state index in [0.717, 1.165) is 81.5 Å². The van der Waals surface area contributed by atoms with Crippen LogP contribution >= 0.6 is 0 Å². The van der Waals surface area contributed by atoms with Crippen LogP contribution in [-0.2, 0) is 4.79 Å². The van der Waals surface area contributed by atoms with E-state index in [-0.39, 0.29) is 17.9 Å². The number of carbonyl (C=O) groups excluding carboxylic acids is 2. The molecule has 2 fully saturated rings. The minimum Gasteiger partial charge on any atom is -0.339 e. The van der Waals surface area contributed by atoms with Gasteiger partial charge in [-0.2, -0.15) is 4.98 Å². The lowest BCUT2D eigenvalue weighted by molar-refractivity contribution is -0.136. The SMILES string of the molecule is C/N=C\[C@H]1CC[C@@H](C(=O)N2CC=C(c3cccn4nc(Nc5ccc(C(=O)N(C)C6CCN(C)CC6)cc5)nc34)CC2)CC1. The second kappa shape index (κ2) is 13.3. The minimum absolute atomic E-state index is 0.0527. The number of nitrogens with zero attached hydrogens (tertiary/aromatic N) is 7. The summed E-state index contributed by atoms with van der Waals surface area (Å²) in [4.78, 5) is 41.5. The van der Waals surface area contributed by atoms with E-state index in [4.69, 9.17) is 4.98 Å². The fourth-order valence-electron chi connectivity index (χ4n) is 6.88. The van der Waals surface area contributed by atoms with Crippen LogP contribution in [0.1, 0.15) is 60.9 Å². The van der Waals surface area contributed by atoms with Crippen molar-refractivity contribution in [2.24, 2.45) is 16.8 Å². The van der Waals surface area contributed by atoms with Gasteiger partial charge in [-0.25, -0.2) is 4.52 Å². The molecule has 0 radical (unpaired) electrons. The molecule has 1 saturated carbocycles. The number of carbonyl (C=O) groups is 2. The summed E-state index contributed by atoms with van der Waals surface area (Å²) in [6.07, 6.45) is 12.9. The topological polar surface area (TPSA) is 98.4 Å². The summed E-state index contributed by atoms with van der Waals surface area (Å²) in [7, 11) is 5.87. The molecule has 232 valence electrons. The highest BCUT2D eigenvalue weighted by Crippen LogP contribution is 2.32. The Morgan fingerprint density at radius 2 is 1.77 bits per heavy atom. The van der Waals surface area contributed by atoms with E-state index in [1.54, 1.807) is 4.52 Å². The molecule has 1 aromatic carbocycles. The third-order valence-electron chi connectivity index (χ3n) is 9.65. The third kappa shape index (κ3) is 6.55. The number of benzene rings is 1. The molecule has 0 atom stereocenters. The number of hydrogen-bond donors (Lipinski definition) is 1. The average Bonchev–Trinajstić information content (AvgIpc) is 3.48. The zero-order chi connectivity index (χ0) is 30.6. The molecular weight excluding hydrogens is 552 g/mol. The van der Waals surface area contributed by atoms with Gasteiger partial charge in [-0.05, 0) is 113 Å². The Morgan fingerprint density at radius 3 is 2.45 bits per heavy atom. The van der Waals surface area contributed by atoms with Crippen molar-refractivity contribution in [2.45, 2.75) is 51.0 Å². The lowest BCUT2D eigenvalue weighted by atomic mass is 9.81. The number of fused-ring (bicyclic) bond motifs is 1. The zero-order valence-corrected chi connectivity index (χ0v) is 26.2. The van der Waals surface area contributed by atoms with E-state index in [9.17, 15) is 9.59 Å². The highest BCUT2D eigenvalue weighted by molar-refractivity contribution is 5.94. The minimum atomic E-state index is 0.0527. The van der Waals surface area contributed by atoms with E-state index in [1.807, 2.05) is 66.6 Å². The second-order valence-corrected chi connectivity index (χ2v) is 12.6. The molecule has 10 heteroatoms. The lowest BCUT2D eigenvalue weighted by Crippen LogP contribution is -2.44. The molecule has 2 aliphatic heterocycles. The average molecular weight is 597 g/mol. The first kappa shape index (κ1) is 30.0. The predicted molar refractivity (Wildman–Crippen MR) is 174 cm³/mol. The standard InChI is InChI=1S/C34H44N8O2/c1-35-23-24-6-8-27(9-7-24)33(44)41-21-14-25(15-22-41)30-5-4-18-42-31(30)37-34(38-42)36-28-12-10-26(11-13-28)32(43)40(3)29-16-19-39(2)20-17-29/h4-5,10-14,18,23-24,27,29H,6-9,15-17,19-22H2,1-3H3,(H,36,38)/b35-23-/t24-,27+. The number of pyridine rings is 1. The summed E-state index contributed by atoms with van der Waals surface area (Å²) >= 11 is 0. The van der Waals surface area contributed by atoms with E-state index in [2.05, 4.69) is 39.5 Å². The summed E-state index contributed by atoms with van der Waals surface area (Å²) in [5.74, 6) is 1.49. The van der Waals surface area contributed by atoms with Crippen molar-refractivity contribution in [2.75, 3.05) is 52.6 Å². The van der Waals surface area contributed by atoms with Crippen LogP contribution in [0.4, 0.5) is 11.6 Å². The van der Waals surface area contributed by atoms with Gasteiger partial charge in [-0.1, -0.05) is 6.08 Å². The Bertz CT molecular complexity index is 1530. The van der Waals surface area contributed by atoms with Gasteiger partial charge in [0.1, 0.15) is 0 Å². The monoisotopic (exact) mass is 596 g/mol. The van der Waals surface area contributed by atoms with Crippen LogP contribution in [0.5, 0.6) is 0 Å². The fraction of sp³-hybridized carbons (Fsp3) is 0.500. The number of nitrogens with one attached hydrogen (secondary N) is 1. The largest absolute Gasteiger partial charge is 0.339 e. The first-order valence-corrected chi connectivity index (χ1v) is 16.0. The Morgan fingerprint density at radius 1 is 1.02 bits per heavy atom. The van der Waals surface area contributed by atoms with Gasteiger partial charge in [0.2, 0.25) is 11.9 Å². The van der Waals surface area contributed by atoms with Crippen molar-refractivity contribution in [1.82, 2.24) is 29.3 Å². The number of anilines is 2. The highest BCUT2D eigenvalue weighted by Gasteiger charge is 2.30. The number of aliphatic imine (C=N–C) groups is 1. The summed E-state index contributed by atoms with van der Waals surface area (Å²) in [5, 5.41) is 7.96. The maximum absolute atomic E-state index is 13.2. The Kier molecular flexibility index (Phi) is 9.07. The zero-order valence-electron chi connectivity index (χ0n) is 26.2. The van der Waals surface area contributed by atoms with Crippen LogP contribution in [0, 0.1) is 11.8 Å². The number of hydrogen-bond acceptors (Lipinski definition) is 7. The van der Waals surface area contributed by atoms with Gasteiger partial charge < -0.3 is 25.0 Å². The molecule has 1 aliphatic carbocycles. The van der Waals surface area contributed by atoms with Gasteiger partial charge >= 0.3 is 0 Å². The molecule has 3 aromatic rings. The highest BCUT2D eigenvalue weighted by atomic mass is 16.2. The number of piperidine rings is 1. The Balaban J connectivity index is 1.08. The van der Waals surface area contributed by atoms with Crippen LogP contribution in [0.3, 0.4) is 0 Å². The van der Waals surface area contributed by atoms with Gasteiger partial charge in [0.25, 0.3) is 5.91 Å². The normalized spacial score (nSPS) is 21.9. The molecule has 2 aromatic heterocycles. The van der Waals surface area contributed by atoms with Gasteiger partial charge in [0, 0.05) is 68.4 Å². The quantitative estimate of drug-likeness (QED) is 0.395. The van der Waals surface area contributed by atoms with E-state index in [1.165, 1.54) is 5.57 Å². The van der Waals surface area contributed by atoms with Gasteiger partial charge in [-0.15, -0.1) is 5.10 Å². The molecule has 2 amide bonds. The summed E-state index contributed by atoms with van der Waals surface area (Å²) in [6.45, 7) is 3.39. The molecule has 6 rings (SSSR count). The van der Waals surface area contributed by atoms with Gasteiger partial charge in [0.15, 0.2) is 5.65 Å². The number of rotatable bonds is 7. The lowest BCUT2D eigenvalue weighted by Gasteiger charge is -2.35. The summed E-state index contributed by atoms with van der Waals surface area (Å²) in [6, 6.07) is 11.9. The van der Waals surface area contributed by atoms with Crippen LogP contribution < -0.4 is 5.32 Å². The molecule has 0 spiro atoms. The van der Waals surface area contributed by atoms with E-state index < -0.39 is 0 Å². The Hall–Kier alpha value is -4.05. The number of likely N-dealkylation sites (tertiary alicyclic amines) is 1.